The molecular formula is C19H22O5. The van der Waals surface area contributed by atoms with Gasteiger partial charge in [-0.15, -0.1) is 0 Å². The molecule has 0 radical (unpaired) electrons. The van der Waals surface area contributed by atoms with Crippen molar-refractivity contribution in [2.24, 2.45) is 0 Å². The Bertz CT molecular complexity index is 654. The van der Waals surface area contributed by atoms with Gasteiger partial charge in [0.2, 0.25) is 0 Å². The van der Waals surface area contributed by atoms with Crippen LogP contribution in [0.1, 0.15) is 27.0 Å². The molecule has 0 saturated carbocycles. The van der Waals surface area contributed by atoms with Crippen molar-refractivity contribution in [3.05, 3.63) is 70.8 Å². The van der Waals surface area contributed by atoms with Crippen molar-refractivity contribution in [3.63, 3.8) is 0 Å². The normalized spacial score (nSPS) is 10.8. The van der Waals surface area contributed by atoms with E-state index in [1.165, 1.54) is 0 Å². The molecule has 0 aliphatic heterocycles. The summed E-state index contributed by atoms with van der Waals surface area (Å²) in [6.45, 7) is 1.21. The lowest BCUT2D eigenvalue weighted by atomic mass is 9.95. The summed E-state index contributed by atoms with van der Waals surface area (Å²) in [6, 6.07) is 14.3. The van der Waals surface area contributed by atoms with E-state index in [4.69, 9.17) is 14.2 Å². The van der Waals surface area contributed by atoms with Crippen LogP contribution in [0.4, 0.5) is 0 Å². The summed E-state index contributed by atoms with van der Waals surface area (Å²) < 4.78 is 15.6. The van der Waals surface area contributed by atoms with E-state index in [0.717, 1.165) is 5.56 Å². The minimum atomic E-state index is -0.173. The van der Waals surface area contributed by atoms with E-state index in [-0.39, 0.29) is 25.8 Å². The zero-order chi connectivity index (χ0) is 17.2. The van der Waals surface area contributed by atoms with E-state index < -0.39 is 0 Å². The third-order valence-electron chi connectivity index (χ3n) is 3.55. The van der Waals surface area contributed by atoms with Crippen LogP contribution in [0.15, 0.2) is 48.5 Å². The second kappa shape index (κ2) is 9.95. The van der Waals surface area contributed by atoms with Gasteiger partial charge in [-0.2, -0.15) is 0 Å². The summed E-state index contributed by atoms with van der Waals surface area (Å²) in [5, 5.41) is 9.42. The number of rotatable bonds is 10. The SMILES string of the molecule is COCCOCOCc1ccccc1C(=O)c1ccccc1CO. The Morgan fingerprint density at radius 1 is 0.917 bits per heavy atom. The van der Waals surface area contributed by atoms with Gasteiger partial charge in [-0.1, -0.05) is 48.5 Å². The fraction of sp³-hybridized carbons (Fsp3) is 0.316. The van der Waals surface area contributed by atoms with Crippen molar-refractivity contribution >= 4 is 5.78 Å². The molecule has 0 atom stereocenters. The van der Waals surface area contributed by atoms with E-state index in [2.05, 4.69) is 0 Å². The number of carbonyl (C=O) groups is 1. The van der Waals surface area contributed by atoms with Gasteiger partial charge in [-0.25, -0.2) is 0 Å². The summed E-state index contributed by atoms with van der Waals surface area (Å²) >= 11 is 0. The summed E-state index contributed by atoms with van der Waals surface area (Å²) in [6.07, 6.45) is 0. The predicted molar refractivity (Wildman–Crippen MR) is 89.7 cm³/mol. The van der Waals surface area contributed by atoms with Crippen LogP contribution in [-0.4, -0.2) is 38.0 Å². The Kier molecular flexibility index (Phi) is 7.58. The van der Waals surface area contributed by atoms with Gasteiger partial charge in [0.15, 0.2) is 5.78 Å². The molecule has 24 heavy (non-hydrogen) atoms. The Labute approximate surface area is 141 Å². The van der Waals surface area contributed by atoms with Crippen molar-refractivity contribution in [1.82, 2.24) is 0 Å². The summed E-state index contributed by atoms with van der Waals surface area (Å²) in [5.41, 5.74) is 2.46. The van der Waals surface area contributed by atoms with E-state index in [1.54, 1.807) is 37.4 Å². The smallest absolute Gasteiger partial charge is 0.193 e. The molecule has 128 valence electrons. The van der Waals surface area contributed by atoms with Gasteiger partial charge >= 0.3 is 0 Å². The Balaban J connectivity index is 2.06. The highest BCUT2D eigenvalue weighted by Gasteiger charge is 2.16. The van der Waals surface area contributed by atoms with Crippen LogP contribution in [-0.2, 0) is 27.4 Å². The first-order chi connectivity index (χ1) is 11.8. The number of aliphatic hydroxyl groups is 1. The Morgan fingerprint density at radius 3 is 2.21 bits per heavy atom. The van der Waals surface area contributed by atoms with Gasteiger partial charge in [0.05, 0.1) is 26.4 Å². The first kappa shape index (κ1) is 18.3. The number of benzene rings is 2. The third kappa shape index (κ3) is 4.97. The van der Waals surface area contributed by atoms with Gasteiger partial charge < -0.3 is 19.3 Å². The van der Waals surface area contributed by atoms with Gasteiger partial charge in [-0.05, 0) is 11.1 Å². The lowest BCUT2D eigenvalue weighted by Crippen LogP contribution is -2.10. The lowest BCUT2D eigenvalue weighted by molar-refractivity contribution is -0.0725. The Hall–Kier alpha value is -2.05. The van der Waals surface area contributed by atoms with Crippen LogP contribution in [0, 0.1) is 0 Å². The largest absolute Gasteiger partial charge is 0.392 e. The number of ether oxygens (including phenoxy) is 3. The average Bonchev–Trinajstić information content (AvgIpc) is 2.64. The highest BCUT2D eigenvalue weighted by atomic mass is 16.7. The highest BCUT2D eigenvalue weighted by Crippen LogP contribution is 2.18. The topological polar surface area (TPSA) is 65.0 Å². The van der Waals surface area contributed by atoms with Crippen LogP contribution in [0.25, 0.3) is 0 Å². The van der Waals surface area contributed by atoms with Crippen LogP contribution < -0.4 is 0 Å². The first-order valence-electron chi connectivity index (χ1n) is 7.73. The maximum absolute atomic E-state index is 12.8. The molecule has 0 unspecified atom stereocenters. The third-order valence-corrected chi connectivity index (χ3v) is 3.55. The molecule has 5 nitrogen and oxygen atoms in total. The number of methoxy groups -OCH3 is 1. The number of ketones is 1. The molecule has 0 amide bonds. The molecule has 0 aromatic heterocycles. The van der Waals surface area contributed by atoms with Crippen LogP contribution in [0.2, 0.25) is 0 Å². The van der Waals surface area contributed by atoms with Crippen LogP contribution in [0.3, 0.4) is 0 Å². The van der Waals surface area contributed by atoms with Crippen LogP contribution >= 0.6 is 0 Å². The standard InChI is InChI=1S/C19H22O5/c1-22-10-11-23-14-24-13-16-7-3-5-9-18(16)19(21)17-8-4-2-6-15(17)12-20/h2-9,20H,10-14H2,1H3. The van der Waals surface area contributed by atoms with E-state index in [0.29, 0.717) is 29.9 Å². The monoisotopic (exact) mass is 330 g/mol. The number of carbonyl (C=O) groups excluding carboxylic acids is 1. The van der Waals surface area contributed by atoms with Crippen LogP contribution in [0.5, 0.6) is 0 Å². The van der Waals surface area contributed by atoms with Crippen molar-refractivity contribution in [1.29, 1.82) is 0 Å². The van der Waals surface area contributed by atoms with E-state index >= 15 is 0 Å². The molecule has 0 heterocycles. The molecule has 2 rings (SSSR count). The van der Waals surface area contributed by atoms with Crippen molar-refractivity contribution in [2.75, 3.05) is 27.1 Å². The summed E-state index contributed by atoms with van der Waals surface area (Å²) in [7, 11) is 1.61. The molecule has 2 aromatic rings. The molecule has 2 aromatic carbocycles. The maximum Gasteiger partial charge on any atom is 0.193 e. The Morgan fingerprint density at radius 2 is 1.54 bits per heavy atom. The molecule has 5 heteroatoms. The van der Waals surface area contributed by atoms with Crippen molar-refractivity contribution in [2.45, 2.75) is 13.2 Å². The maximum atomic E-state index is 12.8. The molecule has 0 aliphatic carbocycles. The summed E-state index contributed by atoms with van der Waals surface area (Å²) in [5.74, 6) is -0.126. The zero-order valence-corrected chi connectivity index (χ0v) is 13.7. The molecule has 0 aliphatic rings. The van der Waals surface area contributed by atoms with Crippen molar-refractivity contribution < 1.29 is 24.1 Å². The molecule has 0 fully saturated rings. The van der Waals surface area contributed by atoms with Gasteiger partial charge in [0.25, 0.3) is 0 Å². The molecule has 0 bridgehead atoms. The minimum absolute atomic E-state index is 0.126. The summed E-state index contributed by atoms with van der Waals surface area (Å²) in [4.78, 5) is 12.8. The minimum Gasteiger partial charge on any atom is -0.392 e. The fourth-order valence-electron chi connectivity index (χ4n) is 2.30. The molecule has 1 N–H and O–H groups in total. The average molecular weight is 330 g/mol. The lowest BCUT2D eigenvalue weighted by Gasteiger charge is -2.11. The predicted octanol–water partition coefficient (Wildman–Crippen LogP) is 2.55. The van der Waals surface area contributed by atoms with E-state index in [1.807, 2.05) is 18.2 Å². The molecule has 0 saturated heterocycles. The number of hydrogen-bond donors (Lipinski definition) is 1. The zero-order valence-electron chi connectivity index (χ0n) is 13.7. The first-order valence-corrected chi connectivity index (χ1v) is 7.73. The second-order valence-electron chi connectivity index (χ2n) is 5.17. The molecule has 0 spiro atoms. The quantitative estimate of drug-likeness (QED) is 0.412. The van der Waals surface area contributed by atoms with Gasteiger partial charge in [0.1, 0.15) is 6.79 Å². The second-order valence-corrected chi connectivity index (χ2v) is 5.17. The fourth-order valence-corrected chi connectivity index (χ4v) is 2.30. The van der Waals surface area contributed by atoms with Gasteiger partial charge in [-0.3, -0.25) is 4.79 Å². The number of aliphatic hydroxyl groups excluding tert-OH is 1. The van der Waals surface area contributed by atoms with E-state index in [9.17, 15) is 9.90 Å². The number of hydrogen-bond acceptors (Lipinski definition) is 5. The van der Waals surface area contributed by atoms with Gasteiger partial charge in [0, 0.05) is 18.2 Å². The highest BCUT2D eigenvalue weighted by molar-refractivity contribution is 6.10. The molecular weight excluding hydrogens is 308 g/mol. The van der Waals surface area contributed by atoms with Crippen molar-refractivity contribution in [3.8, 4) is 0 Å².